The third kappa shape index (κ3) is 4.45. The average Bonchev–Trinajstić information content (AvgIpc) is 3.49. The molecule has 0 saturated heterocycles. The highest BCUT2D eigenvalue weighted by Crippen LogP contribution is 2.49. The standard InChI is InChI=1S/C42H29NO/c1-3-16-30(17-4-1)33-23-9-12-26-37(33)43(38-28-15-21-31-18-7-8-22-34(31)38)39-27-13-10-24-35(39)42-41(32-19-5-2-6-20-32)36-25-11-14-29-40(36)44-42/h1-29H. The summed E-state index contributed by atoms with van der Waals surface area (Å²) in [5.74, 6) is 0.857. The molecule has 0 atom stereocenters. The van der Waals surface area contributed by atoms with Crippen LogP contribution in [0.3, 0.4) is 0 Å². The summed E-state index contributed by atoms with van der Waals surface area (Å²) < 4.78 is 6.78. The molecule has 0 unspecified atom stereocenters. The lowest BCUT2D eigenvalue weighted by Crippen LogP contribution is -2.13. The maximum absolute atomic E-state index is 6.78. The highest BCUT2D eigenvalue weighted by molar-refractivity contribution is 6.07. The van der Waals surface area contributed by atoms with E-state index in [0.29, 0.717) is 0 Å². The van der Waals surface area contributed by atoms with Crippen molar-refractivity contribution >= 4 is 38.8 Å². The van der Waals surface area contributed by atoms with Crippen LogP contribution in [0.15, 0.2) is 180 Å². The maximum atomic E-state index is 6.78. The van der Waals surface area contributed by atoms with E-state index >= 15 is 0 Å². The van der Waals surface area contributed by atoms with Crippen LogP contribution in [0, 0.1) is 0 Å². The molecule has 7 aromatic carbocycles. The molecule has 0 aliphatic heterocycles. The number of nitrogens with zero attached hydrogens (tertiary/aromatic N) is 1. The van der Waals surface area contributed by atoms with Gasteiger partial charge in [-0.1, -0.05) is 146 Å². The number of benzene rings is 7. The quantitative estimate of drug-likeness (QED) is 0.200. The SMILES string of the molecule is c1ccc(-c2ccccc2N(c2ccccc2-c2oc3ccccc3c2-c2ccccc2)c2cccc3ccccc23)cc1. The number of para-hydroxylation sites is 3. The van der Waals surface area contributed by atoms with Gasteiger partial charge in [0.1, 0.15) is 11.3 Å². The van der Waals surface area contributed by atoms with Crippen molar-refractivity contribution in [2.45, 2.75) is 0 Å². The van der Waals surface area contributed by atoms with Crippen LogP contribution in [0.2, 0.25) is 0 Å². The minimum atomic E-state index is 0.857. The minimum absolute atomic E-state index is 0.857. The van der Waals surface area contributed by atoms with Gasteiger partial charge in [-0.05, 0) is 46.8 Å². The average molecular weight is 564 g/mol. The number of furan rings is 1. The van der Waals surface area contributed by atoms with E-state index in [0.717, 1.165) is 56.0 Å². The van der Waals surface area contributed by atoms with E-state index in [4.69, 9.17) is 4.42 Å². The normalized spacial score (nSPS) is 11.2. The first-order valence-electron chi connectivity index (χ1n) is 15.0. The summed E-state index contributed by atoms with van der Waals surface area (Å²) >= 11 is 0. The fraction of sp³-hybridized carbons (Fsp3) is 0. The van der Waals surface area contributed by atoms with E-state index in [9.17, 15) is 0 Å². The lowest BCUT2D eigenvalue weighted by atomic mass is 9.96. The van der Waals surface area contributed by atoms with Gasteiger partial charge in [0.15, 0.2) is 0 Å². The number of fused-ring (bicyclic) bond motifs is 2. The van der Waals surface area contributed by atoms with Crippen LogP contribution >= 0.6 is 0 Å². The van der Waals surface area contributed by atoms with E-state index in [1.54, 1.807) is 0 Å². The zero-order chi connectivity index (χ0) is 29.3. The Morgan fingerprint density at radius 3 is 1.66 bits per heavy atom. The van der Waals surface area contributed by atoms with Crippen LogP contribution in [0.1, 0.15) is 0 Å². The molecule has 44 heavy (non-hydrogen) atoms. The van der Waals surface area contributed by atoms with Gasteiger partial charge in [-0.3, -0.25) is 0 Å². The Balaban J connectivity index is 1.46. The summed E-state index contributed by atoms with van der Waals surface area (Å²) in [6.07, 6.45) is 0. The fourth-order valence-electron chi connectivity index (χ4n) is 6.31. The first-order chi connectivity index (χ1) is 21.9. The minimum Gasteiger partial charge on any atom is -0.455 e. The monoisotopic (exact) mass is 563 g/mol. The van der Waals surface area contributed by atoms with Gasteiger partial charge >= 0.3 is 0 Å². The Labute approximate surface area is 257 Å². The molecule has 0 N–H and O–H groups in total. The molecular weight excluding hydrogens is 534 g/mol. The summed E-state index contributed by atoms with van der Waals surface area (Å²) in [6, 6.07) is 62.0. The third-order valence-electron chi connectivity index (χ3n) is 8.28. The summed E-state index contributed by atoms with van der Waals surface area (Å²) in [5.41, 5.74) is 9.70. The molecule has 0 bridgehead atoms. The smallest absolute Gasteiger partial charge is 0.145 e. The molecule has 208 valence electrons. The molecule has 0 saturated carbocycles. The Bertz CT molecular complexity index is 2230. The van der Waals surface area contributed by atoms with Crippen molar-refractivity contribution in [3.05, 3.63) is 176 Å². The second-order valence-electron chi connectivity index (χ2n) is 10.9. The second kappa shape index (κ2) is 11.1. The van der Waals surface area contributed by atoms with Crippen LogP contribution in [-0.2, 0) is 0 Å². The fourth-order valence-corrected chi connectivity index (χ4v) is 6.31. The van der Waals surface area contributed by atoms with Gasteiger partial charge in [0.25, 0.3) is 0 Å². The Morgan fingerprint density at radius 1 is 0.364 bits per heavy atom. The summed E-state index contributed by atoms with van der Waals surface area (Å²) in [7, 11) is 0. The molecule has 0 spiro atoms. The molecule has 0 aliphatic rings. The second-order valence-corrected chi connectivity index (χ2v) is 10.9. The Kier molecular flexibility index (Phi) is 6.51. The van der Waals surface area contributed by atoms with Crippen molar-refractivity contribution in [2.75, 3.05) is 4.90 Å². The van der Waals surface area contributed by atoms with Crippen molar-refractivity contribution in [3.63, 3.8) is 0 Å². The molecule has 2 heteroatoms. The maximum Gasteiger partial charge on any atom is 0.145 e. The van der Waals surface area contributed by atoms with Gasteiger partial charge < -0.3 is 9.32 Å². The zero-order valence-electron chi connectivity index (χ0n) is 24.1. The zero-order valence-corrected chi connectivity index (χ0v) is 24.1. The van der Waals surface area contributed by atoms with Crippen molar-refractivity contribution in [2.24, 2.45) is 0 Å². The van der Waals surface area contributed by atoms with Crippen LogP contribution < -0.4 is 4.90 Å². The summed E-state index contributed by atoms with van der Waals surface area (Å²) in [5, 5.41) is 3.48. The van der Waals surface area contributed by atoms with Gasteiger partial charge in [0.05, 0.1) is 17.1 Å². The number of hydrogen-bond acceptors (Lipinski definition) is 2. The Morgan fingerprint density at radius 2 is 0.886 bits per heavy atom. The van der Waals surface area contributed by atoms with Gasteiger partial charge in [0.2, 0.25) is 0 Å². The molecular formula is C42H29NO. The molecule has 1 heterocycles. The van der Waals surface area contributed by atoms with Crippen molar-refractivity contribution < 1.29 is 4.42 Å². The van der Waals surface area contributed by atoms with Crippen molar-refractivity contribution in [3.8, 4) is 33.6 Å². The van der Waals surface area contributed by atoms with Crippen molar-refractivity contribution in [1.29, 1.82) is 0 Å². The van der Waals surface area contributed by atoms with Crippen molar-refractivity contribution in [1.82, 2.24) is 0 Å². The van der Waals surface area contributed by atoms with Crippen LogP contribution in [0.5, 0.6) is 0 Å². The largest absolute Gasteiger partial charge is 0.455 e. The predicted molar refractivity (Wildman–Crippen MR) is 185 cm³/mol. The lowest BCUT2D eigenvalue weighted by molar-refractivity contribution is 0.632. The highest BCUT2D eigenvalue weighted by atomic mass is 16.3. The van der Waals surface area contributed by atoms with Gasteiger partial charge in [0, 0.05) is 27.5 Å². The van der Waals surface area contributed by atoms with Gasteiger partial charge in [-0.2, -0.15) is 0 Å². The highest BCUT2D eigenvalue weighted by Gasteiger charge is 2.25. The van der Waals surface area contributed by atoms with Gasteiger partial charge in [-0.25, -0.2) is 0 Å². The van der Waals surface area contributed by atoms with E-state index in [1.807, 2.05) is 6.07 Å². The molecule has 8 aromatic rings. The number of anilines is 3. The molecule has 1 aromatic heterocycles. The molecule has 0 radical (unpaired) electrons. The Hall–Kier alpha value is -5.86. The van der Waals surface area contributed by atoms with Crippen LogP contribution in [-0.4, -0.2) is 0 Å². The van der Waals surface area contributed by atoms with E-state index in [2.05, 4.69) is 175 Å². The molecule has 8 rings (SSSR count). The number of rotatable bonds is 6. The topological polar surface area (TPSA) is 16.4 Å². The first kappa shape index (κ1) is 25.8. The van der Waals surface area contributed by atoms with E-state index < -0.39 is 0 Å². The van der Waals surface area contributed by atoms with E-state index in [-0.39, 0.29) is 0 Å². The third-order valence-corrected chi connectivity index (χ3v) is 8.28. The summed E-state index contributed by atoms with van der Waals surface area (Å²) in [4.78, 5) is 2.40. The summed E-state index contributed by atoms with van der Waals surface area (Å²) in [6.45, 7) is 0. The molecule has 0 aliphatic carbocycles. The molecule has 0 fully saturated rings. The van der Waals surface area contributed by atoms with Crippen LogP contribution in [0.25, 0.3) is 55.3 Å². The lowest BCUT2D eigenvalue weighted by Gasteiger charge is -2.30. The predicted octanol–water partition coefficient (Wildman–Crippen LogP) is 12.1. The molecule has 0 amide bonds. The van der Waals surface area contributed by atoms with Crippen LogP contribution in [0.4, 0.5) is 17.1 Å². The van der Waals surface area contributed by atoms with Gasteiger partial charge in [-0.15, -0.1) is 0 Å². The number of hydrogen-bond donors (Lipinski definition) is 0. The molecule has 2 nitrogen and oxygen atoms in total. The van der Waals surface area contributed by atoms with E-state index in [1.165, 1.54) is 16.3 Å². The first-order valence-corrected chi connectivity index (χ1v) is 15.0.